The normalized spacial score (nSPS) is 10.9. The zero-order chi connectivity index (χ0) is 26.5. The predicted octanol–water partition coefficient (Wildman–Crippen LogP) is 5.88. The van der Waals surface area contributed by atoms with Crippen molar-refractivity contribution in [1.29, 1.82) is 5.26 Å². The van der Waals surface area contributed by atoms with Gasteiger partial charge in [0.1, 0.15) is 5.82 Å². The highest BCUT2D eigenvalue weighted by molar-refractivity contribution is 7.80. The van der Waals surface area contributed by atoms with Crippen LogP contribution in [0, 0.1) is 17.1 Å². The summed E-state index contributed by atoms with van der Waals surface area (Å²) in [4.78, 5) is 6.49. The second kappa shape index (κ2) is 11.3. The molecule has 0 aliphatic rings. The summed E-state index contributed by atoms with van der Waals surface area (Å²) < 4.78 is 18.1. The molecule has 1 N–H and O–H groups in total. The van der Waals surface area contributed by atoms with Gasteiger partial charge in [-0.25, -0.2) is 9.37 Å². The van der Waals surface area contributed by atoms with Crippen LogP contribution < -0.4 is 5.32 Å². The fourth-order valence-electron chi connectivity index (χ4n) is 4.61. The second-order valence-corrected chi connectivity index (χ2v) is 9.60. The van der Waals surface area contributed by atoms with E-state index in [1.54, 1.807) is 12.1 Å². The number of rotatable bonds is 8. The minimum Gasteiger partial charge on any atom is -0.350 e. The lowest BCUT2D eigenvalue weighted by Gasteiger charge is -2.26. The average Bonchev–Trinajstić information content (AvgIpc) is 3.50. The maximum Gasteiger partial charge on any atom is 0.173 e. The fourth-order valence-corrected chi connectivity index (χ4v) is 4.88. The van der Waals surface area contributed by atoms with E-state index in [1.807, 2.05) is 56.0 Å². The number of fused-ring (bicyclic) bond motifs is 1. The number of imidazole rings is 1. The van der Waals surface area contributed by atoms with Crippen LogP contribution in [0.25, 0.3) is 10.9 Å². The molecule has 3 aromatic carbocycles. The summed E-state index contributed by atoms with van der Waals surface area (Å²) in [5.41, 5.74) is 5.75. The van der Waals surface area contributed by atoms with Crippen LogP contribution in [0.2, 0.25) is 0 Å². The molecular formula is C30H27FN6S. The van der Waals surface area contributed by atoms with Gasteiger partial charge in [-0.1, -0.05) is 36.4 Å². The number of hydrogen-bond donors (Lipinski definition) is 1. The van der Waals surface area contributed by atoms with Crippen LogP contribution in [0.5, 0.6) is 0 Å². The van der Waals surface area contributed by atoms with Crippen LogP contribution in [0.15, 0.2) is 91.5 Å². The van der Waals surface area contributed by atoms with Crippen molar-refractivity contribution in [2.24, 2.45) is 7.05 Å². The Morgan fingerprint density at radius 3 is 2.71 bits per heavy atom. The number of hydrogen-bond acceptors (Lipinski definition) is 3. The summed E-state index contributed by atoms with van der Waals surface area (Å²) in [6.45, 7) is 1.91. The third-order valence-electron chi connectivity index (χ3n) is 6.58. The van der Waals surface area contributed by atoms with E-state index in [1.165, 1.54) is 17.5 Å². The molecule has 0 radical (unpaired) electrons. The Morgan fingerprint density at radius 1 is 1.11 bits per heavy atom. The first-order valence-corrected chi connectivity index (χ1v) is 12.7. The van der Waals surface area contributed by atoms with Crippen molar-refractivity contribution in [3.8, 4) is 6.07 Å². The molecular weight excluding hydrogens is 495 g/mol. The molecule has 5 rings (SSSR count). The van der Waals surface area contributed by atoms with Gasteiger partial charge in [-0.15, -0.1) is 0 Å². The number of aryl methyl sites for hydroxylation is 1. The van der Waals surface area contributed by atoms with E-state index in [0.717, 1.165) is 22.3 Å². The zero-order valence-electron chi connectivity index (χ0n) is 21.0. The molecule has 0 saturated heterocycles. The first kappa shape index (κ1) is 25.2. The van der Waals surface area contributed by atoms with E-state index in [-0.39, 0.29) is 5.82 Å². The minimum absolute atomic E-state index is 0.315. The minimum atomic E-state index is -0.315. The Kier molecular flexibility index (Phi) is 7.47. The molecule has 0 amide bonds. The van der Waals surface area contributed by atoms with E-state index in [0.29, 0.717) is 42.4 Å². The van der Waals surface area contributed by atoms with Gasteiger partial charge < -0.3 is 19.4 Å². The molecule has 5 aromatic rings. The maximum absolute atomic E-state index is 13.8. The lowest BCUT2D eigenvalue weighted by Crippen LogP contribution is -2.36. The van der Waals surface area contributed by atoms with E-state index in [2.05, 4.69) is 48.7 Å². The van der Waals surface area contributed by atoms with Crippen molar-refractivity contribution in [1.82, 2.24) is 19.0 Å². The van der Waals surface area contributed by atoms with E-state index in [9.17, 15) is 4.39 Å². The van der Waals surface area contributed by atoms with E-state index < -0.39 is 0 Å². The molecule has 8 heteroatoms. The van der Waals surface area contributed by atoms with Gasteiger partial charge in [0.25, 0.3) is 0 Å². The molecule has 0 fully saturated rings. The van der Waals surface area contributed by atoms with Crippen LogP contribution in [0.4, 0.5) is 10.1 Å². The molecule has 6 nitrogen and oxygen atoms in total. The van der Waals surface area contributed by atoms with Crippen LogP contribution in [-0.4, -0.2) is 30.7 Å². The zero-order valence-corrected chi connectivity index (χ0v) is 21.8. The van der Waals surface area contributed by atoms with Gasteiger partial charge in [-0.3, -0.25) is 0 Å². The van der Waals surface area contributed by atoms with Crippen molar-refractivity contribution in [2.45, 2.75) is 19.5 Å². The maximum atomic E-state index is 13.8. The van der Waals surface area contributed by atoms with Crippen LogP contribution in [0.1, 0.15) is 22.4 Å². The standard InChI is InChI=1S/C30H27FN6S/c1-35-19-24(28-7-2-3-8-29(28)35)20-36(30(38)34-26-6-4-5-25(31)15-26)14-13-27-17-33-21-37(27)18-23-11-9-22(16-32)10-12-23/h2-12,15,17,19,21H,13-14,18,20H2,1H3,(H,34,38). The van der Waals surface area contributed by atoms with Gasteiger partial charge in [0, 0.05) is 67.8 Å². The van der Waals surface area contributed by atoms with Crippen molar-refractivity contribution in [2.75, 3.05) is 11.9 Å². The van der Waals surface area contributed by atoms with E-state index in [4.69, 9.17) is 17.5 Å². The van der Waals surface area contributed by atoms with Gasteiger partial charge in [0.05, 0.1) is 18.0 Å². The monoisotopic (exact) mass is 522 g/mol. The lowest BCUT2D eigenvalue weighted by atomic mass is 10.1. The number of nitrogens with zero attached hydrogens (tertiary/aromatic N) is 5. The molecule has 0 spiro atoms. The molecule has 2 heterocycles. The summed E-state index contributed by atoms with van der Waals surface area (Å²) in [6.07, 6.45) is 6.55. The number of halogens is 1. The second-order valence-electron chi connectivity index (χ2n) is 9.22. The van der Waals surface area contributed by atoms with Crippen molar-refractivity contribution in [3.63, 3.8) is 0 Å². The topological polar surface area (TPSA) is 61.8 Å². The Hall–Kier alpha value is -4.48. The van der Waals surface area contributed by atoms with Crippen LogP contribution in [0.3, 0.4) is 0 Å². The SMILES string of the molecule is Cn1cc(CN(CCc2cncn2Cc2ccc(C#N)cc2)C(=S)Nc2cccc(F)c2)c2ccccc21. The number of nitrogens with one attached hydrogen (secondary N) is 1. The summed E-state index contributed by atoms with van der Waals surface area (Å²) in [5.74, 6) is -0.315. The molecule has 38 heavy (non-hydrogen) atoms. The van der Waals surface area contributed by atoms with Gasteiger partial charge in [-0.2, -0.15) is 5.26 Å². The number of nitriles is 1. The van der Waals surface area contributed by atoms with Gasteiger partial charge in [-0.05, 0) is 59.7 Å². The van der Waals surface area contributed by atoms with E-state index >= 15 is 0 Å². The molecule has 0 atom stereocenters. The highest BCUT2D eigenvalue weighted by atomic mass is 32.1. The molecule has 2 aromatic heterocycles. The highest BCUT2D eigenvalue weighted by Gasteiger charge is 2.16. The van der Waals surface area contributed by atoms with Crippen LogP contribution >= 0.6 is 12.2 Å². The van der Waals surface area contributed by atoms with Gasteiger partial charge in [0.2, 0.25) is 0 Å². The molecule has 190 valence electrons. The Balaban J connectivity index is 1.36. The number of aromatic nitrogens is 3. The van der Waals surface area contributed by atoms with Crippen molar-refractivity contribution < 1.29 is 4.39 Å². The van der Waals surface area contributed by atoms with Gasteiger partial charge in [0.15, 0.2) is 5.11 Å². The smallest absolute Gasteiger partial charge is 0.173 e. The molecule has 0 saturated carbocycles. The summed E-state index contributed by atoms with van der Waals surface area (Å²) >= 11 is 5.82. The van der Waals surface area contributed by atoms with Crippen molar-refractivity contribution in [3.05, 3.63) is 120 Å². The Bertz CT molecular complexity index is 1610. The third-order valence-corrected chi connectivity index (χ3v) is 6.94. The fraction of sp³-hybridized carbons (Fsp3) is 0.167. The molecule has 0 unspecified atom stereocenters. The summed E-state index contributed by atoms with van der Waals surface area (Å²) in [7, 11) is 2.04. The largest absolute Gasteiger partial charge is 0.350 e. The Morgan fingerprint density at radius 2 is 1.92 bits per heavy atom. The number of anilines is 1. The third kappa shape index (κ3) is 5.74. The van der Waals surface area contributed by atoms with Crippen molar-refractivity contribution >= 4 is 33.9 Å². The van der Waals surface area contributed by atoms with Crippen LogP contribution in [-0.2, 0) is 26.6 Å². The number of para-hydroxylation sites is 1. The number of benzene rings is 3. The average molecular weight is 523 g/mol. The Labute approximate surface area is 226 Å². The first-order chi connectivity index (χ1) is 18.5. The lowest BCUT2D eigenvalue weighted by molar-refractivity contribution is 0.419. The molecule has 0 bridgehead atoms. The first-order valence-electron chi connectivity index (χ1n) is 12.3. The quantitative estimate of drug-likeness (QED) is 0.258. The summed E-state index contributed by atoms with van der Waals surface area (Å²) in [5, 5.41) is 14.0. The molecule has 0 aliphatic carbocycles. The predicted molar refractivity (Wildman–Crippen MR) is 152 cm³/mol. The molecule has 0 aliphatic heterocycles. The summed E-state index contributed by atoms with van der Waals surface area (Å²) in [6, 6.07) is 24.4. The van der Waals surface area contributed by atoms with Gasteiger partial charge >= 0.3 is 0 Å². The highest BCUT2D eigenvalue weighted by Crippen LogP contribution is 2.23. The number of thiocarbonyl (C=S) groups is 1.